The molecule has 1 aliphatic rings. The maximum absolute atomic E-state index is 2.42. The van der Waals surface area contributed by atoms with Crippen LogP contribution in [0.25, 0.3) is 0 Å². The number of fused-ring (bicyclic) bond motifs is 2. The molecule has 1 aliphatic carbocycles. The molecule has 0 radical (unpaired) electrons. The first-order valence-electron chi connectivity index (χ1n) is 5.19. The number of hydrogen-bond donors (Lipinski definition) is 0. The van der Waals surface area contributed by atoms with Gasteiger partial charge in [0.05, 0.1) is 0 Å². The highest BCUT2D eigenvalue weighted by atomic mass is 32.1. The van der Waals surface area contributed by atoms with Gasteiger partial charge in [0.2, 0.25) is 0 Å². The van der Waals surface area contributed by atoms with Crippen LogP contribution in [0.4, 0.5) is 0 Å². The number of rotatable bonds is 2. The molecule has 0 N–H and O–H groups in total. The molecule has 2 atom stereocenters. The zero-order valence-corrected chi connectivity index (χ0v) is 9.69. The lowest BCUT2D eigenvalue weighted by Gasteiger charge is -2.29. The second-order valence-electron chi connectivity index (χ2n) is 4.82. The summed E-state index contributed by atoms with van der Waals surface area (Å²) >= 11 is 1.95. The molecule has 0 aromatic carbocycles. The Labute approximate surface area is 85.0 Å². The van der Waals surface area contributed by atoms with Gasteiger partial charge in [0.15, 0.2) is 0 Å². The number of thiophene rings is 1. The highest BCUT2D eigenvalue weighted by molar-refractivity contribution is 7.10. The van der Waals surface area contributed by atoms with Crippen molar-refractivity contribution in [3.8, 4) is 0 Å². The normalized spacial score (nSPS) is 26.3. The summed E-state index contributed by atoms with van der Waals surface area (Å²) in [5.74, 6) is 3.19. The number of hydrogen-bond acceptors (Lipinski definition) is 1. The predicted molar refractivity (Wildman–Crippen MR) is 59.5 cm³/mol. The van der Waals surface area contributed by atoms with E-state index < -0.39 is 0 Å². The van der Waals surface area contributed by atoms with Crippen molar-refractivity contribution in [1.82, 2.24) is 0 Å². The highest BCUT2D eigenvalue weighted by Gasteiger charge is 2.36. The van der Waals surface area contributed by atoms with Crippen LogP contribution in [0.1, 0.15) is 50.0 Å². The van der Waals surface area contributed by atoms with Gasteiger partial charge in [-0.1, -0.05) is 27.7 Å². The summed E-state index contributed by atoms with van der Waals surface area (Å²) in [6, 6.07) is 2.42. The van der Waals surface area contributed by atoms with Crippen LogP contribution in [0.15, 0.2) is 11.4 Å². The molecule has 0 aliphatic heterocycles. The van der Waals surface area contributed by atoms with Gasteiger partial charge in [-0.15, -0.1) is 11.3 Å². The van der Waals surface area contributed by atoms with Gasteiger partial charge in [0.25, 0.3) is 0 Å². The van der Waals surface area contributed by atoms with Crippen molar-refractivity contribution in [3.63, 3.8) is 0 Å². The second kappa shape index (κ2) is 3.13. The average molecular weight is 194 g/mol. The minimum absolute atomic E-state index is 0.785. The van der Waals surface area contributed by atoms with Crippen LogP contribution in [-0.2, 0) is 0 Å². The quantitative estimate of drug-likeness (QED) is 0.660. The molecule has 1 aromatic heterocycles. The fraction of sp³-hybridized carbons (Fsp3) is 0.667. The summed E-state index contributed by atoms with van der Waals surface area (Å²) in [6.07, 6.45) is 0. The van der Waals surface area contributed by atoms with E-state index in [1.165, 1.54) is 0 Å². The summed E-state index contributed by atoms with van der Waals surface area (Å²) in [5, 5.41) is 2.35. The molecule has 0 saturated heterocycles. The third-order valence-corrected chi connectivity index (χ3v) is 4.23. The molecular weight excluding hydrogens is 176 g/mol. The predicted octanol–water partition coefficient (Wildman–Crippen LogP) is 4.24. The molecule has 0 amide bonds. The van der Waals surface area contributed by atoms with Crippen molar-refractivity contribution in [1.29, 1.82) is 0 Å². The summed E-state index contributed by atoms with van der Waals surface area (Å²) in [7, 11) is 0. The molecule has 1 heteroatoms. The lowest BCUT2D eigenvalue weighted by Crippen LogP contribution is -2.17. The second-order valence-corrected chi connectivity index (χ2v) is 5.76. The van der Waals surface area contributed by atoms with Gasteiger partial charge < -0.3 is 0 Å². The minimum atomic E-state index is 0.785. The van der Waals surface area contributed by atoms with Gasteiger partial charge in [-0.05, 0) is 34.8 Å². The molecule has 13 heavy (non-hydrogen) atoms. The first kappa shape index (κ1) is 9.26. The van der Waals surface area contributed by atoms with Crippen LogP contribution >= 0.6 is 11.3 Å². The largest absolute Gasteiger partial charge is 0.148 e. The summed E-state index contributed by atoms with van der Waals surface area (Å²) in [6.45, 7) is 9.40. The van der Waals surface area contributed by atoms with Crippen molar-refractivity contribution >= 4 is 11.3 Å². The standard InChI is InChI=1S/C12H18S/c1-7(2)11-9-5-10(13-6-9)12(11)8(3)4/h5-8,11-12H,1-4H3. The molecule has 0 fully saturated rings. The Balaban J connectivity index is 2.33. The van der Waals surface area contributed by atoms with Crippen LogP contribution < -0.4 is 0 Å². The van der Waals surface area contributed by atoms with Gasteiger partial charge >= 0.3 is 0 Å². The highest BCUT2D eigenvalue weighted by Crippen LogP contribution is 2.51. The molecule has 0 saturated carbocycles. The van der Waals surface area contributed by atoms with Gasteiger partial charge in [0, 0.05) is 10.8 Å². The first-order chi connectivity index (χ1) is 6.11. The van der Waals surface area contributed by atoms with Crippen molar-refractivity contribution in [2.75, 3.05) is 0 Å². The fourth-order valence-electron chi connectivity index (χ4n) is 2.65. The van der Waals surface area contributed by atoms with Crippen molar-refractivity contribution < 1.29 is 0 Å². The monoisotopic (exact) mass is 194 g/mol. The Morgan fingerprint density at radius 3 is 2.15 bits per heavy atom. The van der Waals surface area contributed by atoms with Crippen LogP contribution in [0.3, 0.4) is 0 Å². The van der Waals surface area contributed by atoms with Gasteiger partial charge in [0.1, 0.15) is 0 Å². The molecule has 1 aromatic rings. The van der Waals surface area contributed by atoms with E-state index in [0.29, 0.717) is 0 Å². The van der Waals surface area contributed by atoms with E-state index in [1.54, 1.807) is 10.4 Å². The molecule has 0 nitrogen and oxygen atoms in total. The van der Waals surface area contributed by atoms with E-state index >= 15 is 0 Å². The Morgan fingerprint density at radius 2 is 1.69 bits per heavy atom. The molecule has 1 heterocycles. The van der Waals surface area contributed by atoms with E-state index in [9.17, 15) is 0 Å². The maximum Gasteiger partial charge on any atom is 0.00878 e. The first-order valence-corrected chi connectivity index (χ1v) is 6.07. The minimum Gasteiger partial charge on any atom is -0.148 e. The van der Waals surface area contributed by atoms with Crippen LogP contribution in [0.2, 0.25) is 0 Å². The van der Waals surface area contributed by atoms with Gasteiger partial charge in [-0.3, -0.25) is 0 Å². The fourth-order valence-corrected chi connectivity index (χ4v) is 3.92. The lowest BCUT2D eigenvalue weighted by molar-refractivity contribution is 0.364. The Bertz CT molecular complexity index is 267. The summed E-state index contributed by atoms with van der Waals surface area (Å²) in [4.78, 5) is 1.61. The topological polar surface area (TPSA) is 0 Å². The molecule has 2 rings (SSSR count). The van der Waals surface area contributed by atoms with Crippen LogP contribution in [-0.4, -0.2) is 0 Å². The summed E-state index contributed by atoms with van der Waals surface area (Å²) < 4.78 is 0. The van der Waals surface area contributed by atoms with E-state index in [1.807, 2.05) is 11.3 Å². The maximum atomic E-state index is 2.42. The zero-order valence-electron chi connectivity index (χ0n) is 8.87. The smallest absolute Gasteiger partial charge is 0.00878 e. The van der Waals surface area contributed by atoms with E-state index in [2.05, 4.69) is 39.1 Å². The van der Waals surface area contributed by atoms with Gasteiger partial charge in [-0.25, -0.2) is 0 Å². The molecular formula is C12H18S. The van der Waals surface area contributed by atoms with Crippen molar-refractivity contribution in [3.05, 3.63) is 21.9 Å². The Morgan fingerprint density at radius 1 is 1.08 bits per heavy atom. The van der Waals surface area contributed by atoms with Crippen molar-refractivity contribution in [2.45, 2.75) is 39.5 Å². The average Bonchev–Trinajstić information content (AvgIpc) is 2.60. The van der Waals surface area contributed by atoms with E-state index in [-0.39, 0.29) is 0 Å². The third-order valence-electron chi connectivity index (χ3n) is 3.18. The molecule has 72 valence electrons. The molecule has 0 spiro atoms. The zero-order chi connectivity index (χ0) is 9.59. The SMILES string of the molecule is CC(C)C1c2csc(c2)C1C(C)C. The lowest BCUT2D eigenvalue weighted by atomic mass is 9.78. The van der Waals surface area contributed by atoms with Gasteiger partial charge in [-0.2, -0.15) is 0 Å². The Hall–Kier alpha value is -0.300. The van der Waals surface area contributed by atoms with E-state index in [0.717, 1.165) is 23.7 Å². The summed E-state index contributed by atoms with van der Waals surface area (Å²) in [5.41, 5.74) is 1.59. The third kappa shape index (κ3) is 1.34. The Kier molecular flexibility index (Phi) is 2.23. The van der Waals surface area contributed by atoms with E-state index in [4.69, 9.17) is 0 Å². The molecule has 2 bridgehead atoms. The molecule has 2 unspecified atom stereocenters. The van der Waals surface area contributed by atoms with Crippen LogP contribution in [0.5, 0.6) is 0 Å². The van der Waals surface area contributed by atoms with Crippen LogP contribution in [0, 0.1) is 11.8 Å². The van der Waals surface area contributed by atoms with Crippen molar-refractivity contribution in [2.24, 2.45) is 11.8 Å².